The Balaban J connectivity index is 1.52. The summed E-state index contributed by atoms with van der Waals surface area (Å²) in [5.41, 5.74) is -3.67. The Morgan fingerprint density at radius 2 is 1.66 bits per heavy atom. The molecule has 2 aromatic heterocycles. The minimum absolute atomic E-state index is 0.0549. The standard InChI is InChI=1S/C24H22F6N6O2/c1-13(34-21(37)16-7-17(23(25,26)27)9-18(8-16)24(28,29)30)20-32-12-33-36(20)19-6-5-15(10-31-19)22(38)35(2)11-14-3-4-14/h5-10,12-14H,3-4,11H2,1-2H3,(H,34,37)/t13-/m0/s1. The third-order valence-corrected chi connectivity index (χ3v) is 5.95. The largest absolute Gasteiger partial charge is 0.416 e. The molecule has 1 atom stereocenters. The van der Waals surface area contributed by atoms with Crippen molar-refractivity contribution in [3.05, 3.63) is 70.9 Å². The average molecular weight is 540 g/mol. The predicted octanol–water partition coefficient (Wildman–Crippen LogP) is 4.67. The highest BCUT2D eigenvalue weighted by Gasteiger charge is 2.37. The molecule has 1 fully saturated rings. The Labute approximate surface area is 212 Å². The molecule has 1 saturated carbocycles. The van der Waals surface area contributed by atoms with Crippen molar-refractivity contribution in [2.75, 3.05) is 13.6 Å². The fraction of sp³-hybridized carbons (Fsp3) is 0.375. The van der Waals surface area contributed by atoms with Crippen LogP contribution in [0.25, 0.3) is 5.82 Å². The first-order chi connectivity index (χ1) is 17.7. The summed E-state index contributed by atoms with van der Waals surface area (Å²) in [6, 6.07) is 2.71. The number of hydrogen-bond acceptors (Lipinski definition) is 5. The van der Waals surface area contributed by atoms with Gasteiger partial charge in [-0.25, -0.2) is 9.97 Å². The Bertz CT molecular complexity index is 1300. The first-order valence-corrected chi connectivity index (χ1v) is 11.5. The van der Waals surface area contributed by atoms with Gasteiger partial charge in [0.2, 0.25) is 0 Å². The van der Waals surface area contributed by atoms with Crippen molar-refractivity contribution >= 4 is 11.8 Å². The highest BCUT2D eigenvalue weighted by molar-refractivity contribution is 5.95. The van der Waals surface area contributed by atoms with Crippen LogP contribution in [0, 0.1) is 5.92 Å². The van der Waals surface area contributed by atoms with E-state index in [1.54, 1.807) is 18.0 Å². The van der Waals surface area contributed by atoms with Crippen LogP contribution in [0.3, 0.4) is 0 Å². The molecule has 3 aromatic rings. The zero-order valence-electron chi connectivity index (χ0n) is 20.1. The Morgan fingerprint density at radius 1 is 1.03 bits per heavy atom. The molecule has 2 amide bonds. The van der Waals surface area contributed by atoms with Gasteiger partial charge in [0.1, 0.15) is 6.33 Å². The molecule has 0 radical (unpaired) electrons. The number of nitrogens with one attached hydrogen (secondary N) is 1. The summed E-state index contributed by atoms with van der Waals surface area (Å²) >= 11 is 0. The van der Waals surface area contributed by atoms with Crippen LogP contribution in [-0.2, 0) is 12.4 Å². The molecule has 0 bridgehead atoms. The third-order valence-electron chi connectivity index (χ3n) is 5.95. The van der Waals surface area contributed by atoms with Gasteiger partial charge >= 0.3 is 12.4 Å². The van der Waals surface area contributed by atoms with Crippen LogP contribution >= 0.6 is 0 Å². The first kappa shape index (κ1) is 27.1. The summed E-state index contributed by atoms with van der Waals surface area (Å²) in [6.07, 6.45) is -5.49. The average Bonchev–Trinajstić information content (AvgIpc) is 3.53. The van der Waals surface area contributed by atoms with Crippen molar-refractivity contribution in [2.24, 2.45) is 5.92 Å². The molecular formula is C24H22F6N6O2. The zero-order chi connectivity index (χ0) is 27.8. The van der Waals surface area contributed by atoms with Gasteiger partial charge in [-0.3, -0.25) is 9.59 Å². The second kappa shape index (κ2) is 10.1. The third kappa shape index (κ3) is 6.11. The van der Waals surface area contributed by atoms with Crippen molar-refractivity contribution in [3.8, 4) is 5.82 Å². The predicted molar refractivity (Wildman–Crippen MR) is 121 cm³/mol. The first-order valence-electron chi connectivity index (χ1n) is 11.5. The number of benzene rings is 1. The van der Waals surface area contributed by atoms with Crippen molar-refractivity contribution < 1.29 is 35.9 Å². The van der Waals surface area contributed by atoms with Gasteiger partial charge in [-0.2, -0.15) is 36.1 Å². The van der Waals surface area contributed by atoms with E-state index in [1.807, 2.05) is 0 Å². The summed E-state index contributed by atoms with van der Waals surface area (Å²) in [4.78, 5) is 35.1. The molecule has 4 rings (SSSR count). The van der Waals surface area contributed by atoms with E-state index in [-0.39, 0.29) is 23.6 Å². The van der Waals surface area contributed by atoms with Gasteiger partial charge in [0.05, 0.1) is 22.7 Å². The lowest BCUT2D eigenvalue weighted by Crippen LogP contribution is -2.30. The maximum absolute atomic E-state index is 13.2. The Hall–Kier alpha value is -3.97. The number of rotatable bonds is 7. The van der Waals surface area contributed by atoms with Gasteiger partial charge in [-0.1, -0.05) is 0 Å². The molecule has 1 aliphatic rings. The fourth-order valence-electron chi connectivity index (χ4n) is 3.78. The number of pyridine rings is 1. The maximum atomic E-state index is 13.2. The van der Waals surface area contributed by atoms with E-state index >= 15 is 0 Å². The van der Waals surface area contributed by atoms with Crippen molar-refractivity contribution in [2.45, 2.75) is 38.2 Å². The fourth-order valence-corrected chi connectivity index (χ4v) is 3.78. The highest BCUT2D eigenvalue weighted by Crippen LogP contribution is 2.36. The van der Waals surface area contributed by atoms with Gasteiger partial charge in [0, 0.05) is 25.4 Å². The summed E-state index contributed by atoms with van der Waals surface area (Å²) in [7, 11) is 1.70. The number of carbonyl (C=O) groups is 2. The Kier molecular flexibility index (Phi) is 7.17. The normalized spacial score (nSPS) is 14.7. The van der Waals surface area contributed by atoms with Gasteiger partial charge in [-0.05, 0) is 56.0 Å². The van der Waals surface area contributed by atoms with Gasteiger partial charge in [0.25, 0.3) is 11.8 Å². The van der Waals surface area contributed by atoms with Crippen molar-refractivity contribution in [1.82, 2.24) is 30.0 Å². The second-order valence-corrected chi connectivity index (χ2v) is 9.05. The van der Waals surface area contributed by atoms with E-state index in [9.17, 15) is 35.9 Å². The SMILES string of the molecule is C[C@H](NC(=O)c1cc(C(F)(F)F)cc(C(F)(F)F)c1)c1ncnn1-c1ccc(C(=O)N(C)CC2CC2)cn1. The molecular weight excluding hydrogens is 518 g/mol. The molecule has 1 aliphatic carbocycles. The number of amides is 2. The van der Waals surface area contributed by atoms with Crippen LogP contribution in [0.15, 0.2) is 42.9 Å². The lowest BCUT2D eigenvalue weighted by atomic mass is 10.0. The summed E-state index contributed by atoms with van der Waals surface area (Å²) in [5, 5.41) is 6.39. The second-order valence-electron chi connectivity index (χ2n) is 9.05. The molecule has 0 aliphatic heterocycles. The zero-order valence-corrected chi connectivity index (χ0v) is 20.1. The number of aromatic nitrogens is 4. The molecule has 1 aromatic carbocycles. The molecule has 0 saturated heterocycles. The van der Waals surface area contributed by atoms with Gasteiger partial charge in [-0.15, -0.1) is 0 Å². The van der Waals surface area contributed by atoms with Gasteiger partial charge in [0.15, 0.2) is 11.6 Å². The molecule has 14 heteroatoms. The topological polar surface area (TPSA) is 93.0 Å². The summed E-state index contributed by atoms with van der Waals surface area (Å²) < 4.78 is 80.2. The maximum Gasteiger partial charge on any atom is 0.416 e. The van der Waals surface area contributed by atoms with Crippen LogP contribution < -0.4 is 5.32 Å². The summed E-state index contributed by atoms with van der Waals surface area (Å²) in [5.74, 6) is -0.509. The van der Waals surface area contributed by atoms with E-state index in [1.165, 1.54) is 23.9 Å². The van der Waals surface area contributed by atoms with Crippen molar-refractivity contribution in [3.63, 3.8) is 0 Å². The lowest BCUT2D eigenvalue weighted by molar-refractivity contribution is -0.143. The highest BCUT2D eigenvalue weighted by atomic mass is 19.4. The van der Waals surface area contributed by atoms with E-state index in [4.69, 9.17) is 0 Å². The minimum atomic E-state index is -5.09. The Morgan fingerprint density at radius 3 is 2.18 bits per heavy atom. The number of carbonyl (C=O) groups excluding carboxylic acids is 2. The van der Waals surface area contributed by atoms with E-state index in [2.05, 4.69) is 20.4 Å². The van der Waals surface area contributed by atoms with Crippen molar-refractivity contribution in [1.29, 1.82) is 0 Å². The molecule has 2 heterocycles. The molecule has 1 N–H and O–H groups in total. The van der Waals surface area contributed by atoms with Crippen LogP contribution in [0.1, 0.15) is 63.5 Å². The quantitative estimate of drug-likeness (QED) is 0.440. The monoisotopic (exact) mass is 540 g/mol. The van der Waals surface area contributed by atoms with Crippen LogP contribution in [0.5, 0.6) is 0 Å². The van der Waals surface area contributed by atoms with Crippen LogP contribution in [-0.4, -0.2) is 50.1 Å². The molecule has 8 nitrogen and oxygen atoms in total. The molecule has 0 spiro atoms. The molecule has 0 unspecified atom stereocenters. The number of nitrogens with zero attached hydrogens (tertiary/aromatic N) is 5. The van der Waals surface area contributed by atoms with E-state index in [0.717, 1.165) is 19.2 Å². The molecule has 38 heavy (non-hydrogen) atoms. The summed E-state index contributed by atoms with van der Waals surface area (Å²) in [6.45, 7) is 2.09. The van der Waals surface area contributed by atoms with E-state index < -0.39 is 41.0 Å². The molecule has 202 valence electrons. The minimum Gasteiger partial charge on any atom is -0.342 e. The smallest absolute Gasteiger partial charge is 0.342 e. The number of hydrogen-bond donors (Lipinski definition) is 1. The number of halogens is 6. The lowest BCUT2D eigenvalue weighted by Gasteiger charge is -2.18. The van der Waals surface area contributed by atoms with Crippen LogP contribution in [0.2, 0.25) is 0 Å². The van der Waals surface area contributed by atoms with Crippen LogP contribution in [0.4, 0.5) is 26.3 Å². The number of alkyl halides is 6. The van der Waals surface area contributed by atoms with E-state index in [0.29, 0.717) is 30.2 Å². The van der Waals surface area contributed by atoms with Gasteiger partial charge < -0.3 is 10.2 Å².